The number of rotatable bonds is 0. The molecule has 1 aliphatic heterocycles. The van der Waals surface area contributed by atoms with E-state index in [9.17, 15) is 0 Å². The molecule has 0 radical (unpaired) electrons. The van der Waals surface area contributed by atoms with Gasteiger partial charge in [0.25, 0.3) is 0 Å². The van der Waals surface area contributed by atoms with Crippen LogP contribution in [0.25, 0.3) is 0 Å². The minimum Gasteiger partial charge on any atom is -1.00 e. The maximum atomic E-state index is 5.07. The Morgan fingerprint density at radius 3 is 2.12 bits per heavy atom. The fourth-order valence-electron chi connectivity index (χ4n) is 0.541. The second kappa shape index (κ2) is 4.99. The van der Waals surface area contributed by atoms with Crippen LogP contribution >= 0.6 is 16.1 Å². The average Bonchev–Trinajstić information content (AvgIpc) is 1.69. The Morgan fingerprint density at radius 2 is 1.88 bits per heavy atom. The molecule has 0 spiro atoms. The van der Waals surface area contributed by atoms with E-state index < -0.39 is 0 Å². The van der Waals surface area contributed by atoms with Gasteiger partial charge in [0.15, 0.2) is 0 Å². The third-order valence-corrected chi connectivity index (χ3v) is 1.67. The molecule has 0 unspecified atom stereocenters. The zero-order chi connectivity index (χ0) is 5.11. The summed E-state index contributed by atoms with van der Waals surface area (Å²) in [5.41, 5.74) is 0. The van der Waals surface area contributed by atoms with Crippen LogP contribution in [0.4, 0.5) is 0 Å². The summed E-state index contributed by atoms with van der Waals surface area (Å²) in [4.78, 5) is 0. The molecule has 8 heavy (non-hydrogen) atoms. The molecule has 1 heterocycles. The van der Waals surface area contributed by atoms with E-state index in [-0.39, 0.29) is 25.9 Å². The molecule has 0 aromatic heterocycles. The number of ether oxygens (including phenoxy) is 1. The van der Waals surface area contributed by atoms with Gasteiger partial charge in [-0.05, 0) is 0 Å². The van der Waals surface area contributed by atoms with Gasteiger partial charge in [-0.1, -0.05) is 0 Å². The maximum absolute atomic E-state index is 5.07. The molecule has 1 rings (SSSR count). The smallest absolute Gasteiger partial charge is 1.00 e. The number of morpholine rings is 1. The van der Waals surface area contributed by atoms with Crippen LogP contribution in [0, 0.1) is 0 Å². The second-order valence-corrected chi connectivity index (χ2v) is 2.53. The van der Waals surface area contributed by atoms with Crippen molar-refractivity contribution < 1.29 is 7.59 Å². The Hall–Kier alpha value is 1.17. The summed E-state index contributed by atoms with van der Waals surface area (Å²) in [6, 6.07) is 0. The minimum absolute atomic E-state index is 0. The molecular formula is C4H10BrMgNO. The quantitative estimate of drug-likeness (QED) is 0.409. The SMILES string of the molecule is BrN1CCOCC1.[H-].[H-].[Mg+2]. The Kier molecular flexibility index (Phi) is 5.72. The predicted octanol–water partition coefficient (Wildman–Crippen LogP) is 0.473. The molecule has 4 heteroatoms. The molecule has 0 aromatic rings. The Labute approximate surface area is 77.0 Å². The molecule has 0 aromatic carbocycles. The van der Waals surface area contributed by atoms with Gasteiger partial charge >= 0.3 is 23.1 Å². The molecule has 0 atom stereocenters. The predicted molar refractivity (Wildman–Crippen MR) is 39.3 cm³/mol. The zero-order valence-electron chi connectivity index (χ0n) is 6.77. The van der Waals surface area contributed by atoms with E-state index in [0.29, 0.717) is 0 Å². The first-order valence-corrected chi connectivity index (χ1v) is 3.09. The van der Waals surface area contributed by atoms with Crippen molar-refractivity contribution in [3.05, 3.63) is 0 Å². The molecule has 0 saturated carbocycles. The molecule has 1 aliphatic rings. The van der Waals surface area contributed by atoms with Crippen molar-refractivity contribution in [1.82, 2.24) is 3.93 Å². The van der Waals surface area contributed by atoms with E-state index in [0.717, 1.165) is 26.3 Å². The maximum Gasteiger partial charge on any atom is 2.00 e. The van der Waals surface area contributed by atoms with Crippen molar-refractivity contribution in [2.45, 2.75) is 0 Å². The molecular weight excluding hydrogens is 182 g/mol. The van der Waals surface area contributed by atoms with Gasteiger partial charge in [-0.15, -0.1) is 0 Å². The second-order valence-electron chi connectivity index (χ2n) is 1.52. The van der Waals surface area contributed by atoms with E-state index in [4.69, 9.17) is 4.74 Å². The van der Waals surface area contributed by atoms with Crippen LogP contribution in [0.3, 0.4) is 0 Å². The normalized spacial score (nSPS) is 22.1. The van der Waals surface area contributed by atoms with Gasteiger partial charge in [0, 0.05) is 29.2 Å². The molecule has 0 amide bonds. The van der Waals surface area contributed by atoms with Crippen molar-refractivity contribution in [3.63, 3.8) is 0 Å². The van der Waals surface area contributed by atoms with Gasteiger partial charge in [0.1, 0.15) is 0 Å². The molecule has 0 aliphatic carbocycles. The summed E-state index contributed by atoms with van der Waals surface area (Å²) < 4.78 is 7.15. The van der Waals surface area contributed by atoms with Gasteiger partial charge in [-0.25, -0.2) is 3.93 Å². The first-order valence-electron chi connectivity index (χ1n) is 2.38. The molecule has 0 bridgehead atoms. The summed E-state index contributed by atoms with van der Waals surface area (Å²) in [6.07, 6.45) is 0. The van der Waals surface area contributed by atoms with Crippen molar-refractivity contribution in [3.8, 4) is 0 Å². The minimum atomic E-state index is 0. The van der Waals surface area contributed by atoms with Gasteiger partial charge in [-0.2, -0.15) is 0 Å². The standard InChI is InChI=1S/C4H8BrNO.Mg.2H/c5-6-1-3-7-4-2-6;;;/h1-4H2;;;/q;+2;2*-1. The number of hydrogen-bond acceptors (Lipinski definition) is 2. The number of halogens is 1. The summed E-state index contributed by atoms with van der Waals surface area (Å²) in [6.45, 7) is 3.76. The topological polar surface area (TPSA) is 12.5 Å². The summed E-state index contributed by atoms with van der Waals surface area (Å²) in [5.74, 6) is 0. The van der Waals surface area contributed by atoms with Crippen molar-refractivity contribution in [1.29, 1.82) is 0 Å². The zero-order valence-corrected chi connectivity index (χ0v) is 7.77. The number of hydrogen-bond donors (Lipinski definition) is 0. The first kappa shape index (κ1) is 9.17. The summed E-state index contributed by atoms with van der Waals surface area (Å²) in [7, 11) is 0. The average molecular weight is 192 g/mol. The van der Waals surface area contributed by atoms with Crippen LogP contribution in [-0.4, -0.2) is 53.3 Å². The molecule has 2 nitrogen and oxygen atoms in total. The van der Waals surface area contributed by atoms with Crippen LogP contribution in [0.2, 0.25) is 0 Å². The Morgan fingerprint density at radius 1 is 1.38 bits per heavy atom. The monoisotopic (exact) mass is 191 g/mol. The fourth-order valence-corrected chi connectivity index (χ4v) is 0.831. The van der Waals surface area contributed by atoms with Gasteiger partial charge < -0.3 is 7.59 Å². The van der Waals surface area contributed by atoms with E-state index in [1.54, 1.807) is 0 Å². The first-order chi connectivity index (χ1) is 3.39. The van der Waals surface area contributed by atoms with Crippen LogP contribution in [0.15, 0.2) is 0 Å². The van der Waals surface area contributed by atoms with Crippen LogP contribution in [-0.2, 0) is 4.74 Å². The fraction of sp³-hybridized carbons (Fsp3) is 1.00. The van der Waals surface area contributed by atoms with Crippen molar-refractivity contribution in [2.24, 2.45) is 0 Å². The molecule has 0 N–H and O–H groups in total. The van der Waals surface area contributed by atoms with Crippen molar-refractivity contribution in [2.75, 3.05) is 26.3 Å². The molecule has 1 fully saturated rings. The van der Waals surface area contributed by atoms with E-state index in [1.807, 2.05) is 0 Å². The Balaban J connectivity index is -0.000000163. The van der Waals surface area contributed by atoms with E-state index >= 15 is 0 Å². The summed E-state index contributed by atoms with van der Waals surface area (Å²) >= 11 is 3.34. The molecule has 1 saturated heterocycles. The van der Waals surface area contributed by atoms with Gasteiger partial charge in [0.05, 0.1) is 13.2 Å². The summed E-state index contributed by atoms with van der Waals surface area (Å²) in [5, 5.41) is 0. The van der Waals surface area contributed by atoms with Gasteiger partial charge in [-0.3, -0.25) is 0 Å². The van der Waals surface area contributed by atoms with Gasteiger partial charge in [0.2, 0.25) is 0 Å². The van der Waals surface area contributed by atoms with Crippen LogP contribution in [0.1, 0.15) is 2.85 Å². The largest absolute Gasteiger partial charge is 2.00 e. The molecule has 46 valence electrons. The Bertz CT molecular complexity index is 65.2. The van der Waals surface area contributed by atoms with Crippen molar-refractivity contribution >= 4 is 39.2 Å². The van der Waals surface area contributed by atoms with E-state index in [2.05, 4.69) is 20.1 Å². The van der Waals surface area contributed by atoms with E-state index in [1.165, 1.54) is 0 Å². The van der Waals surface area contributed by atoms with Crippen LogP contribution < -0.4 is 0 Å². The third-order valence-electron chi connectivity index (χ3n) is 0.957. The number of nitrogens with zero attached hydrogens (tertiary/aromatic N) is 1. The van der Waals surface area contributed by atoms with Crippen LogP contribution in [0.5, 0.6) is 0 Å². The third kappa shape index (κ3) is 3.24.